The summed E-state index contributed by atoms with van der Waals surface area (Å²) in [5, 5.41) is 9.38. The summed E-state index contributed by atoms with van der Waals surface area (Å²) >= 11 is 0. The molecule has 0 fully saturated rings. The van der Waals surface area contributed by atoms with E-state index >= 15 is 0 Å². The summed E-state index contributed by atoms with van der Waals surface area (Å²) in [6.45, 7) is 6.68. The number of rotatable bonds is 4. The lowest BCUT2D eigenvalue weighted by atomic mass is 9.79. The van der Waals surface area contributed by atoms with Gasteiger partial charge in [0.25, 0.3) is 0 Å². The zero-order valence-corrected chi connectivity index (χ0v) is 12.0. The van der Waals surface area contributed by atoms with Crippen molar-refractivity contribution in [3.8, 4) is 5.75 Å². The van der Waals surface area contributed by atoms with Gasteiger partial charge in [-0.3, -0.25) is 0 Å². The van der Waals surface area contributed by atoms with Crippen LogP contribution in [-0.4, -0.2) is 5.11 Å². The minimum atomic E-state index is 0.0695. The molecule has 2 aromatic carbocycles. The number of hydrogen-bond acceptors (Lipinski definition) is 1. The molecular formula is C18H22O. The van der Waals surface area contributed by atoms with Crippen LogP contribution in [0.5, 0.6) is 5.75 Å². The summed E-state index contributed by atoms with van der Waals surface area (Å²) in [4.78, 5) is 0. The highest BCUT2D eigenvalue weighted by molar-refractivity contribution is 5.33. The van der Waals surface area contributed by atoms with Gasteiger partial charge in [-0.15, -0.1) is 0 Å². The van der Waals surface area contributed by atoms with E-state index in [1.54, 1.807) is 12.1 Å². The van der Waals surface area contributed by atoms with Gasteiger partial charge in [0.2, 0.25) is 0 Å². The number of hydrogen-bond donors (Lipinski definition) is 1. The Morgan fingerprint density at radius 1 is 0.947 bits per heavy atom. The Balaban J connectivity index is 2.22. The van der Waals surface area contributed by atoms with Crippen LogP contribution in [0.15, 0.2) is 48.5 Å². The molecule has 0 atom stereocenters. The van der Waals surface area contributed by atoms with Crippen molar-refractivity contribution < 1.29 is 5.11 Å². The molecule has 0 aliphatic heterocycles. The molecule has 1 heteroatoms. The minimum absolute atomic E-state index is 0.0695. The topological polar surface area (TPSA) is 20.2 Å². The van der Waals surface area contributed by atoms with Crippen molar-refractivity contribution in [3.63, 3.8) is 0 Å². The van der Waals surface area contributed by atoms with Crippen molar-refractivity contribution >= 4 is 0 Å². The quantitative estimate of drug-likeness (QED) is 0.853. The molecule has 0 saturated carbocycles. The average Bonchev–Trinajstić information content (AvgIpc) is 2.39. The van der Waals surface area contributed by atoms with Crippen molar-refractivity contribution in [1.29, 1.82) is 0 Å². The van der Waals surface area contributed by atoms with Crippen molar-refractivity contribution in [2.24, 2.45) is 0 Å². The van der Waals surface area contributed by atoms with E-state index < -0.39 is 0 Å². The Hall–Kier alpha value is -1.76. The van der Waals surface area contributed by atoms with Gasteiger partial charge in [0.05, 0.1) is 0 Å². The molecule has 0 unspecified atom stereocenters. The molecule has 0 bridgehead atoms. The smallest absolute Gasteiger partial charge is 0.115 e. The summed E-state index contributed by atoms with van der Waals surface area (Å²) in [5.41, 5.74) is 4.09. The van der Waals surface area contributed by atoms with Crippen molar-refractivity contribution in [2.75, 3.05) is 0 Å². The third kappa shape index (κ3) is 3.37. The number of aryl methyl sites for hydroxylation is 1. The summed E-state index contributed by atoms with van der Waals surface area (Å²) < 4.78 is 0. The van der Waals surface area contributed by atoms with Crippen LogP contribution in [-0.2, 0) is 18.3 Å². The van der Waals surface area contributed by atoms with E-state index in [1.807, 2.05) is 12.1 Å². The van der Waals surface area contributed by atoms with E-state index in [-0.39, 0.29) is 5.41 Å². The van der Waals surface area contributed by atoms with Gasteiger partial charge in [-0.1, -0.05) is 57.2 Å². The molecule has 0 aliphatic rings. The van der Waals surface area contributed by atoms with Crippen LogP contribution in [0, 0.1) is 0 Å². The maximum atomic E-state index is 9.38. The molecule has 1 nitrogen and oxygen atoms in total. The number of phenolic OH excluding ortho intramolecular Hbond substituents is 1. The normalized spacial score (nSPS) is 11.5. The standard InChI is InChI=1S/C18H22O/c1-4-14-6-5-7-15(12-14)13-18(2,3)16-8-10-17(19)11-9-16/h5-12,19H,4,13H2,1-3H3. The van der Waals surface area contributed by atoms with Gasteiger partial charge >= 0.3 is 0 Å². The highest BCUT2D eigenvalue weighted by Crippen LogP contribution is 2.29. The van der Waals surface area contributed by atoms with Crippen LogP contribution in [0.4, 0.5) is 0 Å². The Kier molecular flexibility index (Phi) is 3.94. The second kappa shape index (κ2) is 5.48. The molecule has 2 aromatic rings. The summed E-state index contributed by atoms with van der Waals surface area (Å²) in [6.07, 6.45) is 2.08. The molecule has 0 aliphatic carbocycles. The van der Waals surface area contributed by atoms with E-state index in [2.05, 4.69) is 45.0 Å². The first-order valence-electron chi connectivity index (χ1n) is 6.88. The molecule has 2 rings (SSSR count). The average molecular weight is 254 g/mol. The fourth-order valence-electron chi connectivity index (χ4n) is 2.48. The Morgan fingerprint density at radius 2 is 1.58 bits per heavy atom. The lowest BCUT2D eigenvalue weighted by Gasteiger charge is -2.25. The maximum Gasteiger partial charge on any atom is 0.115 e. The molecule has 0 saturated heterocycles. The predicted molar refractivity (Wildman–Crippen MR) is 80.7 cm³/mol. The van der Waals surface area contributed by atoms with Gasteiger partial charge in [-0.2, -0.15) is 0 Å². The Morgan fingerprint density at radius 3 is 2.21 bits per heavy atom. The molecule has 0 spiro atoms. The van der Waals surface area contributed by atoms with Gasteiger partial charge in [-0.25, -0.2) is 0 Å². The summed E-state index contributed by atoms with van der Waals surface area (Å²) in [5.74, 6) is 0.326. The van der Waals surface area contributed by atoms with E-state index in [0.29, 0.717) is 5.75 Å². The largest absolute Gasteiger partial charge is 0.508 e. The molecule has 0 radical (unpaired) electrons. The maximum absolute atomic E-state index is 9.38. The van der Waals surface area contributed by atoms with E-state index in [9.17, 15) is 5.11 Å². The Labute approximate surface area is 115 Å². The van der Waals surface area contributed by atoms with Crippen LogP contribution >= 0.6 is 0 Å². The first kappa shape index (κ1) is 13.7. The molecule has 0 amide bonds. The van der Waals surface area contributed by atoms with Crippen molar-refractivity contribution in [1.82, 2.24) is 0 Å². The molecule has 1 N–H and O–H groups in total. The van der Waals surface area contributed by atoms with Crippen LogP contribution in [0.1, 0.15) is 37.5 Å². The van der Waals surface area contributed by atoms with Gasteiger partial charge in [0.15, 0.2) is 0 Å². The first-order valence-corrected chi connectivity index (χ1v) is 6.88. The van der Waals surface area contributed by atoms with Crippen LogP contribution in [0.2, 0.25) is 0 Å². The van der Waals surface area contributed by atoms with Crippen molar-refractivity contribution in [2.45, 2.75) is 39.0 Å². The summed E-state index contributed by atoms with van der Waals surface area (Å²) in [6, 6.07) is 16.4. The highest BCUT2D eigenvalue weighted by Gasteiger charge is 2.21. The van der Waals surface area contributed by atoms with E-state index in [4.69, 9.17) is 0 Å². The third-order valence-corrected chi connectivity index (χ3v) is 3.69. The van der Waals surface area contributed by atoms with E-state index in [0.717, 1.165) is 12.8 Å². The number of phenols is 1. The van der Waals surface area contributed by atoms with Crippen LogP contribution < -0.4 is 0 Å². The van der Waals surface area contributed by atoms with Gasteiger partial charge in [0.1, 0.15) is 5.75 Å². The third-order valence-electron chi connectivity index (χ3n) is 3.69. The lowest BCUT2D eigenvalue weighted by molar-refractivity contribution is 0.472. The molecule has 0 aromatic heterocycles. The summed E-state index contributed by atoms with van der Waals surface area (Å²) in [7, 11) is 0. The van der Waals surface area contributed by atoms with Crippen LogP contribution in [0.3, 0.4) is 0 Å². The SMILES string of the molecule is CCc1cccc(CC(C)(C)c2ccc(O)cc2)c1. The zero-order chi connectivity index (χ0) is 13.9. The Bertz CT molecular complexity index is 538. The first-order chi connectivity index (χ1) is 9.01. The van der Waals surface area contributed by atoms with Gasteiger partial charge in [0, 0.05) is 0 Å². The van der Waals surface area contributed by atoms with Crippen molar-refractivity contribution in [3.05, 3.63) is 65.2 Å². The number of benzene rings is 2. The minimum Gasteiger partial charge on any atom is -0.508 e. The lowest BCUT2D eigenvalue weighted by Crippen LogP contribution is -2.20. The molecule has 0 heterocycles. The monoisotopic (exact) mass is 254 g/mol. The highest BCUT2D eigenvalue weighted by atomic mass is 16.3. The zero-order valence-electron chi connectivity index (χ0n) is 12.0. The molecule has 100 valence electrons. The second-order valence-corrected chi connectivity index (χ2v) is 5.78. The fraction of sp³-hybridized carbons (Fsp3) is 0.333. The number of aromatic hydroxyl groups is 1. The fourth-order valence-corrected chi connectivity index (χ4v) is 2.48. The molecular weight excluding hydrogens is 232 g/mol. The predicted octanol–water partition coefficient (Wildman–Crippen LogP) is 4.47. The van der Waals surface area contributed by atoms with E-state index in [1.165, 1.54) is 16.7 Å². The van der Waals surface area contributed by atoms with Gasteiger partial charge < -0.3 is 5.11 Å². The molecule has 19 heavy (non-hydrogen) atoms. The second-order valence-electron chi connectivity index (χ2n) is 5.78. The van der Waals surface area contributed by atoms with Crippen LogP contribution in [0.25, 0.3) is 0 Å². The van der Waals surface area contributed by atoms with Gasteiger partial charge in [-0.05, 0) is 47.1 Å².